The Labute approximate surface area is 125 Å². The zero-order chi connectivity index (χ0) is 15.0. The molecule has 0 radical (unpaired) electrons. The van der Waals surface area contributed by atoms with E-state index in [0.29, 0.717) is 18.9 Å². The zero-order valence-corrected chi connectivity index (χ0v) is 12.7. The third-order valence-corrected chi connectivity index (χ3v) is 4.81. The Kier molecular flexibility index (Phi) is 3.70. The van der Waals surface area contributed by atoms with Crippen LogP contribution in [0, 0.1) is 19.8 Å². The maximum absolute atomic E-state index is 12.6. The molecule has 3 rings (SSSR count). The second-order valence-electron chi connectivity index (χ2n) is 6.34. The molecule has 0 aliphatic carbocycles. The first-order valence-corrected chi connectivity index (χ1v) is 7.70. The molecule has 0 spiro atoms. The number of hydrogen-bond acceptors (Lipinski definition) is 2. The summed E-state index contributed by atoms with van der Waals surface area (Å²) in [5, 5.41) is 3.06. The van der Waals surface area contributed by atoms with Gasteiger partial charge >= 0.3 is 0 Å². The van der Waals surface area contributed by atoms with Gasteiger partial charge in [-0.05, 0) is 55.9 Å². The number of nitrogens with zero attached hydrogens (tertiary/aromatic N) is 1. The standard InChI is InChI=1S/C17H22N2O2/c1-11-6-7-13(8-12(11)2)17(21)19-9-14-4-3-5-16(20)18-15(14)10-19/h6-8,14-15H,3-5,9-10H2,1-2H3,(H,18,20)/t14-,15+/m1/s1. The van der Waals surface area contributed by atoms with E-state index in [-0.39, 0.29) is 17.9 Å². The lowest BCUT2D eigenvalue weighted by molar-refractivity contribution is -0.121. The molecule has 0 aromatic heterocycles. The van der Waals surface area contributed by atoms with Gasteiger partial charge in [-0.1, -0.05) is 6.07 Å². The predicted molar refractivity (Wildman–Crippen MR) is 81.1 cm³/mol. The Morgan fingerprint density at radius 1 is 1.24 bits per heavy atom. The average molecular weight is 286 g/mol. The molecule has 2 atom stereocenters. The van der Waals surface area contributed by atoms with E-state index < -0.39 is 0 Å². The van der Waals surface area contributed by atoms with E-state index in [4.69, 9.17) is 0 Å². The highest BCUT2D eigenvalue weighted by Crippen LogP contribution is 2.26. The van der Waals surface area contributed by atoms with Gasteiger partial charge in [0.15, 0.2) is 0 Å². The van der Waals surface area contributed by atoms with Gasteiger partial charge in [0, 0.05) is 25.1 Å². The molecule has 2 amide bonds. The summed E-state index contributed by atoms with van der Waals surface area (Å²) in [6.45, 7) is 5.48. The normalized spacial score (nSPS) is 25.2. The lowest BCUT2D eigenvalue weighted by Gasteiger charge is -2.17. The summed E-state index contributed by atoms with van der Waals surface area (Å²) in [5.41, 5.74) is 3.09. The van der Waals surface area contributed by atoms with Crippen molar-refractivity contribution in [3.63, 3.8) is 0 Å². The Morgan fingerprint density at radius 2 is 2.05 bits per heavy atom. The Morgan fingerprint density at radius 3 is 2.81 bits per heavy atom. The van der Waals surface area contributed by atoms with Crippen molar-refractivity contribution in [2.45, 2.75) is 39.2 Å². The minimum Gasteiger partial charge on any atom is -0.351 e. The van der Waals surface area contributed by atoms with Crippen molar-refractivity contribution in [3.8, 4) is 0 Å². The number of hydrogen-bond donors (Lipinski definition) is 1. The maximum Gasteiger partial charge on any atom is 0.253 e. The molecule has 1 aromatic carbocycles. The van der Waals surface area contributed by atoms with Crippen molar-refractivity contribution in [2.75, 3.05) is 13.1 Å². The smallest absolute Gasteiger partial charge is 0.253 e. The molecule has 0 saturated carbocycles. The van der Waals surface area contributed by atoms with E-state index >= 15 is 0 Å². The lowest BCUT2D eigenvalue weighted by atomic mass is 9.99. The molecular weight excluding hydrogens is 264 g/mol. The van der Waals surface area contributed by atoms with Crippen LogP contribution in [0.5, 0.6) is 0 Å². The molecule has 1 N–H and O–H groups in total. The fourth-order valence-corrected chi connectivity index (χ4v) is 3.35. The number of rotatable bonds is 1. The van der Waals surface area contributed by atoms with Gasteiger partial charge < -0.3 is 10.2 Å². The van der Waals surface area contributed by atoms with Gasteiger partial charge in [0.2, 0.25) is 5.91 Å². The van der Waals surface area contributed by atoms with Gasteiger partial charge in [-0.2, -0.15) is 0 Å². The third kappa shape index (κ3) is 2.80. The predicted octanol–water partition coefficient (Wildman–Crippen LogP) is 2.04. The van der Waals surface area contributed by atoms with Crippen molar-refractivity contribution < 1.29 is 9.59 Å². The summed E-state index contributed by atoms with van der Waals surface area (Å²) >= 11 is 0. The fraction of sp³-hybridized carbons (Fsp3) is 0.529. The van der Waals surface area contributed by atoms with E-state index in [2.05, 4.69) is 5.32 Å². The summed E-state index contributed by atoms with van der Waals surface area (Å²) in [4.78, 5) is 26.2. The van der Waals surface area contributed by atoms with Gasteiger partial charge in [-0.25, -0.2) is 0 Å². The van der Waals surface area contributed by atoms with Crippen LogP contribution >= 0.6 is 0 Å². The topological polar surface area (TPSA) is 49.4 Å². The molecule has 2 aliphatic rings. The summed E-state index contributed by atoms with van der Waals surface area (Å²) < 4.78 is 0. The Bertz CT molecular complexity index is 582. The molecule has 2 aliphatic heterocycles. The summed E-state index contributed by atoms with van der Waals surface area (Å²) in [6.07, 6.45) is 2.58. The van der Waals surface area contributed by atoms with E-state index in [1.54, 1.807) is 0 Å². The van der Waals surface area contributed by atoms with Crippen molar-refractivity contribution >= 4 is 11.8 Å². The Hall–Kier alpha value is -1.84. The fourth-order valence-electron chi connectivity index (χ4n) is 3.35. The van der Waals surface area contributed by atoms with Gasteiger partial charge in [-0.3, -0.25) is 9.59 Å². The minimum atomic E-state index is 0.0837. The minimum absolute atomic E-state index is 0.0837. The number of nitrogens with one attached hydrogen (secondary N) is 1. The first kappa shape index (κ1) is 14.1. The first-order chi connectivity index (χ1) is 10.0. The van der Waals surface area contributed by atoms with E-state index in [0.717, 1.165) is 30.5 Å². The number of fused-ring (bicyclic) bond motifs is 1. The first-order valence-electron chi connectivity index (χ1n) is 7.70. The summed E-state index contributed by atoms with van der Waals surface area (Å²) in [5.74, 6) is 0.621. The van der Waals surface area contributed by atoms with E-state index in [1.807, 2.05) is 36.9 Å². The van der Waals surface area contributed by atoms with Crippen LogP contribution in [0.25, 0.3) is 0 Å². The molecular formula is C17H22N2O2. The average Bonchev–Trinajstić information content (AvgIpc) is 2.76. The van der Waals surface area contributed by atoms with Gasteiger partial charge in [-0.15, -0.1) is 0 Å². The molecule has 0 unspecified atom stereocenters. The lowest BCUT2D eigenvalue weighted by Crippen LogP contribution is -2.39. The maximum atomic E-state index is 12.6. The molecule has 2 heterocycles. The van der Waals surface area contributed by atoms with Gasteiger partial charge in [0.25, 0.3) is 5.91 Å². The largest absolute Gasteiger partial charge is 0.351 e. The van der Waals surface area contributed by atoms with Crippen LogP contribution in [0.4, 0.5) is 0 Å². The summed E-state index contributed by atoms with van der Waals surface area (Å²) in [7, 11) is 0. The monoisotopic (exact) mass is 286 g/mol. The van der Waals surface area contributed by atoms with Crippen molar-refractivity contribution in [1.29, 1.82) is 0 Å². The molecule has 2 fully saturated rings. The number of benzene rings is 1. The number of carbonyl (C=O) groups excluding carboxylic acids is 2. The number of carbonyl (C=O) groups is 2. The molecule has 0 bridgehead atoms. The molecule has 4 heteroatoms. The van der Waals surface area contributed by atoms with Crippen LogP contribution in [-0.4, -0.2) is 35.8 Å². The van der Waals surface area contributed by atoms with Gasteiger partial charge in [0.05, 0.1) is 6.04 Å². The number of aryl methyl sites for hydroxylation is 2. The van der Waals surface area contributed by atoms with Crippen LogP contribution in [-0.2, 0) is 4.79 Å². The van der Waals surface area contributed by atoms with E-state index in [9.17, 15) is 9.59 Å². The van der Waals surface area contributed by atoms with Crippen molar-refractivity contribution in [2.24, 2.45) is 5.92 Å². The summed E-state index contributed by atoms with van der Waals surface area (Å²) in [6, 6.07) is 6.00. The SMILES string of the molecule is Cc1ccc(C(=O)N2C[C@H]3CCCC(=O)N[C@H]3C2)cc1C. The highest BCUT2D eigenvalue weighted by molar-refractivity contribution is 5.94. The molecule has 21 heavy (non-hydrogen) atoms. The molecule has 2 saturated heterocycles. The van der Waals surface area contributed by atoms with E-state index in [1.165, 1.54) is 5.56 Å². The third-order valence-electron chi connectivity index (χ3n) is 4.81. The highest BCUT2D eigenvalue weighted by Gasteiger charge is 2.37. The molecule has 1 aromatic rings. The van der Waals surface area contributed by atoms with Crippen molar-refractivity contribution in [3.05, 3.63) is 34.9 Å². The van der Waals surface area contributed by atoms with Crippen LogP contribution in [0.1, 0.15) is 40.7 Å². The second-order valence-corrected chi connectivity index (χ2v) is 6.34. The molecule has 4 nitrogen and oxygen atoms in total. The number of likely N-dealkylation sites (tertiary alicyclic amines) is 1. The van der Waals surface area contributed by atoms with Crippen molar-refractivity contribution in [1.82, 2.24) is 10.2 Å². The quantitative estimate of drug-likeness (QED) is 0.859. The highest BCUT2D eigenvalue weighted by atomic mass is 16.2. The zero-order valence-electron chi connectivity index (χ0n) is 12.7. The second kappa shape index (κ2) is 5.51. The molecule has 112 valence electrons. The Balaban J connectivity index is 1.74. The van der Waals surface area contributed by atoms with Crippen LogP contribution in [0.15, 0.2) is 18.2 Å². The van der Waals surface area contributed by atoms with Crippen LogP contribution in [0.2, 0.25) is 0 Å². The van der Waals surface area contributed by atoms with Crippen LogP contribution < -0.4 is 5.32 Å². The van der Waals surface area contributed by atoms with Gasteiger partial charge in [0.1, 0.15) is 0 Å². The van der Waals surface area contributed by atoms with Crippen LogP contribution in [0.3, 0.4) is 0 Å². The number of amides is 2.